The number of allylic oxidation sites excluding steroid dienone is 8. The van der Waals surface area contributed by atoms with Gasteiger partial charge in [-0.05, 0) is 71.5 Å². The summed E-state index contributed by atoms with van der Waals surface area (Å²) in [5, 5.41) is 16.4. The molecule has 2 aliphatic rings. The van der Waals surface area contributed by atoms with Crippen LogP contribution in [0.15, 0.2) is 126 Å². The smallest absolute Gasteiger partial charge is 0.178 e. The van der Waals surface area contributed by atoms with Gasteiger partial charge in [0.1, 0.15) is 11.2 Å². The summed E-state index contributed by atoms with van der Waals surface area (Å²) in [7, 11) is 0. The van der Waals surface area contributed by atoms with Crippen LogP contribution >= 0.6 is 0 Å². The van der Waals surface area contributed by atoms with Gasteiger partial charge in [-0.15, -0.1) is 5.10 Å². The first-order chi connectivity index (χ1) is 20.7. The SMILES string of the molecule is N#CC1C=CC(c2ccc3oc4ccc(C5CC=CC=C5c5nc6c(-c7ccccc7)cccn6n5)cc4c3c2)=CC1. The van der Waals surface area contributed by atoms with Crippen LogP contribution in [0, 0.1) is 17.2 Å². The molecule has 0 amide bonds. The Morgan fingerprint density at radius 2 is 1.74 bits per heavy atom. The average molecular weight is 543 g/mol. The summed E-state index contributed by atoms with van der Waals surface area (Å²) in [6, 6.07) is 29.7. The molecule has 2 unspecified atom stereocenters. The topological polar surface area (TPSA) is 67.1 Å². The van der Waals surface area contributed by atoms with Crippen LogP contribution in [0.2, 0.25) is 0 Å². The molecule has 42 heavy (non-hydrogen) atoms. The molecular formula is C37H26N4O. The standard InChI is InChI=1S/C37H26N4O/c38-23-24-12-14-25(15-13-24)27-16-18-34-32(21-27)33-22-28(17-19-35(33)42-34)29-9-4-5-10-31(29)36-39-37-30(11-6-20-41(37)40-36)26-7-2-1-3-8-26/h1-8,10-12,14-22,24,29H,9,13H2. The molecule has 3 aromatic heterocycles. The number of hydrogen-bond acceptors (Lipinski definition) is 4. The molecule has 200 valence electrons. The van der Waals surface area contributed by atoms with E-state index in [-0.39, 0.29) is 11.8 Å². The van der Waals surface area contributed by atoms with Gasteiger partial charge in [0, 0.05) is 34.0 Å². The number of fused-ring (bicyclic) bond motifs is 4. The molecular weight excluding hydrogens is 516 g/mol. The van der Waals surface area contributed by atoms with Gasteiger partial charge in [-0.25, -0.2) is 9.50 Å². The maximum absolute atomic E-state index is 9.24. The number of rotatable bonds is 4. The molecule has 0 N–H and O–H groups in total. The van der Waals surface area contributed by atoms with E-state index in [0.29, 0.717) is 0 Å². The first-order valence-corrected chi connectivity index (χ1v) is 14.3. The molecule has 3 aromatic carbocycles. The van der Waals surface area contributed by atoms with Crippen LogP contribution in [0.1, 0.15) is 35.7 Å². The molecule has 0 bridgehead atoms. The van der Waals surface area contributed by atoms with Crippen LogP contribution in [0.25, 0.3) is 49.9 Å². The first-order valence-electron chi connectivity index (χ1n) is 14.3. The summed E-state index contributed by atoms with van der Waals surface area (Å²) in [4.78, 5) is 5.06. The van der Waals surface area contributed by atoms with Gasteiger partial charge in [-0.2, -0.15) is 5.26 Å². The Hall–Kier alpha value is -5.47. The normalized spacial score (nSPS) is 18.4. The Kier molecular flexibility index (Phi) is 5.72. The monoisotopic (exact) mass is 542 g/mol. The van der Waals surface area contributed by atoms with Gasteiger partial charge in [0.25, 0.3) is 0 Å². The Morgan fingerprint density at radius 3 is 2.57 bits per heavy atom. The van der Waals surface area contributed by atoms with Gasteiger partial charge in [-0.3, -0.25) is 0 Å². The van der Waals surface area contributed by atoms with Crippen molar-refractivity contribution in [1.29, 1.82) is 5.26 Å². The van der Waals surface area contributed by atoms with E-state index in [2.05, 4.69) is 91.0 Å². The van der Waals surface area contributed by atoms with E-state index in [9.17, 15) is 5.26 Å². The highest BCUT2D eigenvalue weighted by Crippen LogP contribution is 2.40. The zero-order chi connectivity index (χ0) is 28.0. The highest BCUT2D eigenvalue weighted by molar-refractivity contribution is 6.06. The molecule has 0 saturated heterocycles. The molecule has 0 fully saturated rings. The van der Waals surface area contributed by atoms with Gasteiger partial charge in [0.2, 0.25) is 0 Å². The van der Waals surface area contributed by atoms with E-state index in [1.165, 1.54) is 5.56 Å². The number of benzene rings is 3. The number of furan rings is 1. The lowest BCUT2D eigenvalue weighted by Gasteiger charge is -2.20. The number of nitriles is 1. The summed E-state index contributed by atoms with van der Waals surface area (Å²) in [5.74, 6) is 0.824. The second kappa shape index (κ2) is 9.87. The van der Waals surface area contributed by atoms with E-state index < -0.39 is 0 Å². The van der Waals surface area contributed by atoms with E-state index in [1.807, 2.05) is 41.1 Å². The van der Waals surface area contributed by atoms with Crippen molar-refractivity contribution in [3.8, 4) is 17.2 Å². The van der Waals surface area contributed by atoms with Crippen molar-refractivity contribution in [2.24, 2.45) is 5.92 Å². The molecule has 0 aliphatic heterocycles. The number of pyridine rings is 1. The van der Waals surface area contributed by atoms with Crippen LogP contribution in [0.3, 0.4) is 0 Å². The summed E-state index contributed by atoms with van der Waals surface area (Å²) in [6.45, 7) is 0. The minimum absolute atomic E-state index is 0.0473. The lowest BCUT2D eigenvalue weighted by Crippen LogP contribution is -2.05. The second-order valence-corrected chi connectivity index (χ2v) is 10.9. The minimum Gasteiger partial charge on any atom is -0.456 e. The van der Waals surface area contributed by atoms with Gasteiger partial charge >= 0.3 is 0 Å². The van der Waals surface area contributed by atoms with Crippen molar-refractivity contribution in [1.82, 2.24) is 14.6 Å². The quantitative estimate of drug-likeness (QED) is 0.223. The summed E-state index contributed by atoms with van der Waals surface area (Å²) in [6.07, 6.45) is 16.2. The first kappa shape index (κ1) is 24.3. The van der Waals surface area contributed by atoms with Crippen molar-refractivity contribution in [3.05, 3.63) is 138 Å². The second-order valence-electron chi connectivity index (χ2n) is 10.9. The van der Waals surface area contributed by atoms with E-state index in [0.717, 1.165) is 74.1 Å². The Balaban J connectivity index is 1.19. The highest BCUT2D eigenvalue weighted by atomic mass is 16.3. The fourth-order valence-corrected chi connectivity index (χ4v) is 6.17. The Bertz CT molecular complexity index is 2170. The number of hydrogen-bond donors (Lipinski definition) is 0. The van der Waals surface area contributed by atoms with Gasteiger partial charge < -0.3 is 4.42 Å². The van der Waals surface area contributed by atoms with E-state index in [1.54, 1.807) is 0 Å². The predicted octanol–water partition coefficient (Wildman–Crippen LogP) is 8.91. The molecule has 5 nitrogen and oxygen atoms in total. The maximum atomic E-state index is 9.24. The molecule has 6 aromatic rings. The van der Waals surface area contributed by atoms with Crippen LogP contribution in [0.5, 0.6) is 0 Å². The molecule has 2 atom stereocenters. The molecule has 0 radical (unpaired) electrons. The molecule has 8 rings (SSSR count). The zero-order valence-corrected chi connectivity index (χ0v) is 22.8. The molecule has 3 heterocycles. The fraction of sp³-hybridized carbons (Fsp3) is 0.108. The third-order valence-electron chi connectivity index (χ3n) is 8.36. The van der Waals surface area contributed by atoms with Crippen LogP contribution in [-0.2, 0) is 0 Å². The summed E-state index contributed by atoms with van der Waals surface area (Å²) in [5.41, 5.74) is 9.38. The molecule has 2 aliphatic carbocycles. The summed E-state index contributed by atoms with van der Waals surface area (Å²) < 4.78 is 8.13. The fourth-order valence-electron chi connectivity index (χ4n) is 6.17. The van der Waals surface area contributed by atoms with Gasteiger partial charge in [-0.1, -0.05) is 78.9 Å². The maximum Gasteiger partial charge on any atom is 0.178 e. The Morgan fingerprint density at radius 1 is 0.881 bits per heavy atom. The lowest BCUT2D eigenvalue weighted by atomic mass is 9.84. The zero-order valence-electron chi connectivity index (χ0n) is 22.8. The molecule has 5 heteroatoms. The largest absolute Gasteiger partial charge is 0.456 e. The Labute approximate surface area is 243 Å². The van der Waals surface area contributed by atoms with Gasteiger partial charge in [0.15, 0.2) is 11.5 Å². The third-order valence-corrected chi connectivity index (χ3v) is 8.36. The van der Waals surface area contributed by atoms with E-state index in [4.69, 9.17) is 14.5 Å². The number of nitrogens with zero attached hydrogens (tertiary/aromatic N) is 4. The van der Waals surface area contributed by atoms with E-state index >= 15 is 0 Å². The summed E-state index contributed by atoms with van der Waals surface area (Å²) >= 11 is 0. The van der Waals surface area contributed by atoms with Crippen molar-refractivity contribution in [3.63, 3.8) is 0 Å². The van der Waals surface area contributed by atoms with Crippen LogP contribution < -0.4 is 0 Å². The lowest BCUT2D eigenvalue weighted by molar-refractivity contribution is 0.668. The molecule has 0 saturated carbocycles. The third kappa shape index (κ3) is 4.08. The van der Waals surface area contributed by atoms with Crippen molar-refractivity contribution < 1.29 is 4.42 Å². The van der Waals surface area contributed by atoms with Crippen molar-refractivity contribution in [2.45, 2.75) is 18.8 Å². The predicted molar refractivity (Wildman–Crippen MR) is 167 cm³/mol. The van der Waals surface area contributed by atoms with Crippen molar-refractivity contribution >= 4 is 38.7 Å². The average Bonchev–Trinajstić information content (AvgIpc) is 3.66. The van der Waals surface area contributed by atoms with Gasteiger partial charge in [0.05, 0.1) is 12.0 Å². The molecule has 0 spiro atoms. The van der Waals surface area contributed by atoms with Crippen LogP contribution in [0.4, 0.5) is 0 Å². The van der Waals surface area contributed by atoms with Crippen molar-refractivity contribution in [2.75, 3.05) is 0 Å². The number of aromatic nitrogens is 3. The van der Waals surface area contributed by atoms with Crippen LogP contribution in [-0.4, -0.2) is 14.6 Å². The minimum atomic E-state index is -0.0473. The highest BCUT2D eigenvalue weighted by Gasteiger charge is 2.24.